The highest BCUT2D eigenvalue weighted by Crippen LogP contribution is 2.60. The maximum Gasteiger partial charge on any atom is 0.317 e. The number of hydrogen-bond donors (Lipinski definition) is 0. The number of hydrogen-bond acceptors (Lipinski definition) is 6. The number of amides is 2. The molecule has 4 aliphatic carbocycles. The molecular weight excluding hydrogens is 486 g/mol. The van der Waals surface area contributed by atoms with Gasteiger partial charge in [-0.1, -0.05) is 36.4 Å². The van der Waals surface area contributed by atoms with Crippen LogP contribution in [0.15, 0.2) is 53.4 Å². The van der Waals surface area contributed by atoms with Gasteiger partial charge in [0.2, 0.25) is 0 Å². The van der Waals surface area contributed by atoms with E-state index in [2.05, 4.69) is 0 Å². The molecule has 0 spiro atoms. The Morgan fingerprint density at radius 3 is 2.32 bits per heavy atom. The lowest BCUT2D eigenvalue weighted by Crippen LogP contribution is -2.51. The molecule has 2 amide bonds. The average Bonchev–Trinajstić information content (AvgIpc) is 3.15. The third-order valence-electron chi connectivity index (χ3n) is 8.50. The summed E-state index contributed by atoms with van der Waals surface area (Å²) >= 11 is 0.945. The van der Waals surface area contributed by atoms with E-state index in [1.165, 1.54) is 24.2 Å². The summed E-state index contributed by atoms with van der Waals surface area (Å²) in [6.45, 7) is 0.342. The lowest BCUT2D eigenvalue weighted by atomic mass is 9.49. The second-order valence-corrected chi connectivity index (χ2v) is 12.1. The summed E-state index contributed by atoms with van der Waals surface area (Å²) in [6.07, 6.45) is 8.94. The summed E-state index contributed by atoms with van der Waals surface area (Å²) in [5.41, 5.74) is 1.44. The normalized spacial score (nSPS) is 29.3. The summed E-state index contributed by atoms with van der Waals surface area (Å²) < 4.78 is 11.5. The van der Waals surface area contributed by atoms with Gasteiger partial charge in [0, 0.05) is 6.54 Å². The van der Waals surface area contributed by atoms with Crippen LogP contribution in [0, 0.1) is 23.2 Å². The minimum atomic E-state index is -0.350. The van der Waals surface area contributed by atoms with Crippen LogP contribution in [-0.2, 0) is 16.0 Å². The molecular formula is C30H31NO5S. The zero-order valence-corrected chi connectivity index (χ0v) is 21.8. The fourth-order valence-electron chi connectivity index (χ4n) is 7.16. The number of imide groups is 1. The van der Waals surface area contributed by atoms with Gasteiger partial charge in [0.05, 0.1) is 17.4 Å². The summed E-state index contributed by atoms with van der Waals surface area (Å²) in [5, 5.41) is -0.264. The highest BCUT2D eigenvalue weighted by Gasteiger charge is 2.55. The zero-order chi connectivity index (χ0) is 25.6. The first-order valence-electron chi connectivity index (χ1n) is 13.1. The topological polar surface area (TPSA) is 72.9 Å². The molecule has 0 unspecified atom stereocenters. The predicted molar refractivity (Wildman–Crippen MR) is 142 cm³/mol. The van der Waals surface area contributed by atoms with Crippen LogP contribution in [0.1, 0.15) is 49.7 Å². The van der Waals surface area contributed by atoms with Crippen molar-refractivity contribution in [2.24, 2.45) is 23.2 Å². The zero-order valence-electron chi connectivity index (χ0n) is 21.0. The van der Waals surface area contributed by atoms with Gasteiger partial charge in [0.25, 0.3) is 11.1 Å². The van der Waals surface area contributed by atoms with Gasteiger partial charge in [0.15, 0.2) is 11.5 Å². The molecule has 2 aromatic rings. The maximum atomic E-state index is 13.4. The SMILES string of the molecule is COc1cc(/C=C2\SC(=O)N(CCc3ccccc3)C2=O)ccc1OC(=O)C12CC3CC(CC(C3)C1)C2. The average molecular weight is 518 g/mol. The second-order valence-electron chi connectivity index (χ2n) is 11.1. The number of methoxy groups -OCH3 is 1. The van der Waals surface area contributed by atoms with Crippen LogP contribution in [0.3, 0.4) is 0 Å². The van der Waals surface area contributed by atoms with Crippen molar-refractivity contribution in [1.82, 2.24) is 4.90 Å². The number of nitrogens with zero attached hydrogens (tertiary/aromatic N) is 1. The van der Waals surface area contributed by atoms with Gasteiger partial charge in [-0.15, -0.1) is 0 Å². The minimum absolute atomic E-state index is 0.128. The van der Waals surface area contributed by atoms with Crippen LogP contribution in [0.5, 0.6) is 11.5 Å². The Morgan fingerprint density at radius 1 is 1.00 bits per heavy atom. The first-order valence-corrected chi connectivity index (χ1v) is 13.9. The van der Waals surface area contributed by atoms with Gasteiger partial charge in [-0.25, -0.2) is 0 Å². The van der Waals surface area contributed by atoms with Crippen LogP contribution in [0.2, 0.25) is 0 Å². The van der Waals surface area contributed by atoms with Crippen LogP contribution < -0.4 is 9.47 Å². The van der Waals surface area contributed by atoms with Gasteiger partial charge in [0.1, 0.15) is 0 Å². The Bertz CT molecular complexity index is 1230. The molecule has 5 fully saturated rings. The fraction of sp³-hybridized carbons (Fsp3) is 0.433. The third kappa shape index (κ3) is 4.70. The predicted octanol–water partition coefficient (Wildman–Crippen LogP) is 6.10. The molecule has 6 nitrogen and oxygen atoms in total. The Labute approximate surface area is 221 Å². The lowest BCUT2D eigenvalue weighted by Gasteiger charge is -2.55. The molecule has 0 aromatic heterocycles. The Kier molecular flexibility index (Phi) is 6.35. The van der Waals surface area contributed by atoms with Crippen LogP contribution in [0.25, 0.3) is 6.08 Å². The molecule has 4 bridgehead atoms. The van der Waals surface area contributed by atoms with Gasteiger partial charge in [-0.05, 0) is 104 Å². The highest BCUT2D eigenvalue weighted by atomic mass is 32.2. The van der Waals surface area contributed by atoms with Gasteiger partial charge < -0.3 is 9.47 Å². The molecule has 5 aliphatic rings. The first kappa shape index (κ1) is 24.3. The van der Waals surface area contributed by atoms with Crippen molar-refractivity contribution in [2.45, 2.75) is 44.9 Å². The van der Waals surface area contributed by atoms with Crippen molar-refractivity contribution < 1.29 is 23.9 Å². The van der Waals surface area contributed by atoms with E-state index in [1.54, 1.807) is 31.4 Å². The van der Waals surface area contributed by atoms with Crippen molar-refractivity contribution in [3.05, 3.63) is 64.6 Å². The van der Waals surface area contributed by atoms with E-state index in [0.717, 1.165) is 36.6 Å². The minimum Gasteiger partial charge on any atom is -0.493 e. The highest BCUT2D eigenvalue weighted by molar-refractivity contribution is 8.18. The number of rotatable bonds is 7. The molecule has 1 heterocycles. The standard InChI is InChI=1S/C30H31NO5S/c1-35-25-14-20(15-26-27(32)31(29(34)37-26)10-9-19-5-3-2-4-6-19)7-8-24(25)36-28(33)30-16-21-11-22(17-30)13-23(12-21)18-30/h2-8,14-15,21-23H,9-13,16-18H2,1H3/b26-15-. The Balaban J connectivity index is 1.15. The molecule has 1 saturated heterocycles. The summed E-state index contributed by atoms with van der Waals surface area (Å²) in [6, 6.07) is 15.1. The summed E-state index contributed by atoms with van der Waals surface area (Å²) in [5.74, 6) is 2.40. The largest absolute Gasteiger partial charge is 0.493 e. The quantitative estimate of drug-likeness (QED) is 0.251. The molecule has 37 heavy (non-hydrogen) atoms. The van der Waals surface area contributed by atoms with Crippen LogP contribution >= 0.6 is 11.8 Å². The van der Waals surface area contributed by atoms with E-state index < -0.39 is 0 Å². The van der Waals surface area contributed by atoms with E-state index in [-0.39, 0.29) is 22.5 Å². The lowest BCUT2D eigenvalue weighted by molar-refractivity contribution is -0.161. The molecule has 0 atom stereocenters. The first-order chi connectivity index (χ1) is 17.9. The van der Waals surface area contributed by atoms with Crippen molar-refractivity contribution >= 4 is 35.0 Å². The molecule has 0 radical (unpaired) electrons. The number of benzene rings is 2. The van der Waals surface area contributed by atoms with E-state index in [9.17, 15) is 14.4 Å². The van der Waals surface area contributed by atoms with Gasteiger partial charge in [-0.2, -0.15) is 0 Å². The molecule has 7 heteroatoms. The van der Waals surface area contributed by atoms with E-state index in [0.29, 0.717) is 52.7 Å². The second kappa shape index (κ2) is 9.67. The molecule has 0 N–H and O–H groups in total. The Morgan fingerprint density at radius 2 is 1.68 bits per heavy atom. The van der Waals surface area contributed by atoms with Crippen LogP contribution in [-0.4, -0.2) is 35.7 Å². The smallest absolute Gasteiger partial charge is 0.317 e. The number of ether oxygens (including phenoxy) is 2. The summed E-state index contributed by atoms with van der Waals surface area (Å²) in [4.78, 5) is 40.5. The van der Waals surface area contributed by atoms with Crippen molar-refractivity contribution in [3.63, 3.8) is 0 Å². The van der Waals surface area contributed by atoms with E-state index >= 15 is 0 Å². The maximum absolute atomic E-state index is 13.4. The number of esters is 1. The molecule has 4 saturated carbocycles. The number of carbonyl (C=O) groups excluding carboxylic acids is 3. The van der Waals surface area contributed by atoms with Crippen molar-refractivity contribution in [3.8, 4) is 11.5 Å². The van der Waals surface area contributed by atoms with Crippen LogP contribution in [0.4, 0.5) is 4.79 Å². The van der Waals surface area contributed by atoms with E-state index in [4.69, 9.17) is 9.47 Å². The fourth-order valence-corrected chi connectivity index (χ4v) is 8.02. The van der Waals surface area contributed by atoms with Gasteiger partial charge in [-0.3, -0.25) is 19.3 Å². The molecule has 2 aromatic carbocycles. The third-order valence-corrected chi connectivity index (χ3v) is 9.41. The summed E-state index contributed by atoms with van der Waals surface area (Å²) in [7, 11) is 1.54. The van der Waals surface area contributed by atoms with Gasteiger partial charge >= 0.3 is 5.97 Å². The molecule has 7 rings (SSSR count). The van der Waals surface area contributed by atoms with Crippen molar-refractivity contribution in [1.29, 1.82) is 0 Å². The van der Waals surface area contributed by atoms with Crippen molar-refractivity contribution in [2.75, 3.05) is 13.7 Å². The number of thioether (sulfide) groups is 1. The Hall–Kier alpha value is -3.06. The molecule has 192 valence electrons. The molecule has 1 aliphatic heterocycles. The monoisotopic (exact) mass is 517 g/mol. The number of carbonyl (C=O) groups is 3. The van der Waals surface area contributed by atoms with E-state index in [1.807, 2.05) is 30.3 Å².